The first-order valence-corrected chi connectivity index (χ1v) is 22.1. The molecular weight excluding hydrogens is 775 g/mol. The third-order valence-electron chi connectivity index (χ3n) is 13.4. The van der Waals surface area contributed by atoms with E-state index in [9.17, 15) is 0 Å². The summed E-state index contributed by atoms with van der Waals surface area (Å²) < 4.78 is 6.19. The van der Waals surface area contributed by atoms with Crippen molar-refractivity contribution in [2.75, 3.05) is 4.90 Å². The minimum absolute atomic E-state index is 0.289. The number of hydrogen-bond acceptors (Lipinski definition) is 2. The summed E-state index contributed by atoms with van der Waals surface area (Å²) in [6.07, 6.45) is 0. The second-order valence-corrected chi connectivity index (χ2v) is 16.9. The molecule has 1 atom stereocenters. The lowest BCUT2D eigenvalue weighted by Crippen LogP contribution is -2.22. The maximum Gasteiger partial charge on any atom is 0.135 e. The van der Waals surface area contributed by atoms with Gasteiger partial charge in [-0.2, -0.15) is 0 Å². The molecule has 0 saturated heterocycles. The van der Waals surface area contributed by atoms with Crippen LogP contribution in [0, 0.1) is 0 Å². The number of nitrogens with zero attached hydrogens (tertiary/aromatic N) is 1. The van der Waals surface area contributed by atoms with E-state index in [4.69, 9.17) is 4.42 Å². The quantitative estimate of drug-likeness (QED) is 0.152. The third-order valence-corrected chi connectivity index (χ3v) is 13.4. The Morgan fingerprint density at radius 1 is 0.328 bits per heavy atom. The van der Waals surface area contributed by atoms with Crippen molar-refractivity contribution in [2.45, 2.75) is 12.3 Å². The normalized spacial score (nSPS) is 14.1. The average molecular weight is 818 g/mol. The van der Waals surface area contributed by atoms with E-state index >= 15 is 0 Å². The van der Waals surface area contributed by atoms with Crippen molar-refractivity contribution in [2.24, 2.45) is 0 Å². The van der Waals surface area contributed by atoms with Gasteiger partial charge in [0.2, 0.25) is 0 Å². The fourth-order valence-corrected chi connectivity index (χ4v) is 10.3. The maximum absolute atomic E-state index is 6.19. The Morgan fingerprint density at radius 2 is 0.859 bits per heavy atom. The zero-order chi connectivity index (χ0) is 42.6. The molecule has 0 fully saturated rings. The van der Waals surface area contributed by atoms with Gasteiger partial charge in [-0.15, -0.1) is 0 Å². The molecule has 11 aromatic rings. The van der Waals surface area contributed by atoms with E-state index in [1.807, 2.05) is 12.1 Å². The summed E-state index contributed by atoms with van der Waals surface area (Å²) in [6, 6.07) is 88.1. The van der Waals surface area contributed by atoms with E-state index in [1.165, 1.54) is 55.6 Å². The number of anilines is 3. The summed E-state index contributed by atoms with van der Waals surface area (Å²) in [4.78, 5) is 2.45. The van der Waals surface area contributed by atoms with E-state index in [1.54, 1.807) is 0 Å². The number of benzene rings is 10. The van der Waals surface area contributed by atoms with Crippen LogP contribution in [0.5, 0.6) is 0 Å². The van der Waals surface area contributed by atoms with Crippen LogP contribution in [0.1, 0.15) is 23.6 Å². The van der Waals surface area contributed by atoms with Gasteiger partial charge in [-0.25, -0.2) is 0 Å². The van der Waals surface area contributed by atoms with E-state index in [2.05, 4.69) is 242 Å². The van der Waals surface area contributed by atoms with Gasteiger partial charge in [-0.05, 0) is 122 Å². The van der Waals surface area contributed by atoms with Gasteiger partial charge in [0, 0.05) is 33.1 Å². The molecule has 0 amide bonds. The van der Waals surface area contributed by atoms with E-state index < -0.39 is 0 Å². The first-order valence-electron chi connectivity index (χ1n) is 22.1. The predicted octanol–water partition coefficient (Wildman–Crippen LogP) is 17.1. The van der Waals surface area contributed by atoms with Crippen molar-refractivity contribution in [1.82, 2.24) is 0 Å². The van der Waals surface area contributed by atoms with Crippen LogP contribution in [-0.2, 0) is 5.41 Å². The molecule has 0 N–H and O–H groups in total. The minimum atomic E-state index is -0.289. The zero-order valence-electron chi connectivity index (χ0n) is 35.4. The van der Waals surface area contributed by atoms with Crippen molar-refractivity contribution in [1.29, 1.82) is 0 Å². The van der Waals surface area contributed by atoms with Crippen LogP contribution in [0.3, 0.4) is 0 Å². The highest BCUT2D eigenvalue weighted by Gasteiger charge is 2.41. The van der Waals surface area contributed by atoms with Crippen molar-refractivity contribution in [3.8, 4) is 55.6 Å². The molecular formula is C62H43NO. The number of rotatable bonds is 8. The fourth-order valence-electron chi connectivity index (χ4n) is 10.3. The zero-order valence-corrected chi connectivity index (χ0v) is 35.4. The highest BCUT2D eigenvalue weighted by Crippen LogP contribution is 2.54. The van der Waals surface area contributed by atoms with Gasteiger partial charge in [-0.3, -0.25) is 0 Å². The van der Waals surface area contributed by atoms with Crippen LogP contribution < -0.4 is 4.90 Å². The Kier molecular flexibility index (Phi) is 8.98. The van der Waals surface area contributed by atoms with Gasteiger partial charge >= 0.3 is 0 Å². The molecule has 1 heterocycles. The molecule has 0 saturated carbocycles. The smallest absolute Gasteiger partial charge is 0.135 e. The number of hydrogen-bond donors (Lipinski definition) is 0. The highest BCUT2D eigenvalue weighted by atomic mass is 16.3. The molecule has 1 unspecified atom stereocenters. The van der Waals surface area contributed by atoms with Crippen molar-refractivity contribution in [3.63, 3.8) is 0 Å². The van der Waals surface area contributed by atoms with Crippen LogP contribution in [0.2, 0.25) is 0 Å². The van der Waals surface area contributed by atoms with Gasteiger partial charge < -0.3 is 9.32 Å². The molecule has 2 nitrogen and oxygen atoms in total. The molecule has 0 bridgehead atoms. The Hall–Kier alpha value is -8.20. The lowest BCUT2D eigenvalue weighted by atomic mass is 9.74. The van der Waals surface area contributed by atoms with Gasteiger partial charge in [0.1, 0.15) is 11.2 Å². The molecule has 302 valence electrons. The van der Waals surface area contributed by atoms with Crippen molar-refractivity contribution < 1.29 is 4.42 Å². The Balaban J connectivity index is 1.04. The second-order valence-electron chi connectivity index (χ2n) is 16.9. The van der Waals surface area contributed by atoms with Crippen LogP contribution in [0.4, 0.5) is 17.1 Å². The largest absolute Gasteiger partial charge is 0.456 e. The van der Waals surface area contributed by atoms with E-state index in [-0.39, 0.29) is 5.41 Å². The highest BCUT2D eigenvalue weighted by molar-refractivity contribution is 6.06. The lowest BCUT2D eigenvalue weighted by Gasteiger charge is -2.31. The van der Waals surface area contributed by atoms with Crippen LogP contribution in [-0.4, -0.2) is 0 Å². The second kappa shape index (κ2) is 15.3. The van der Waals surface area contributed by atoms with E-state index in [0.29, 0.717) is 0 Å². The molecule has 2 heteroatoms. The molecule has 0 radical (unpaired) electrons. The summed E-state index contributed by atoms with van der Waals surface area (Å²) in [6.45, 7) is 2.38. The summed E-state index contributed by atoms with van der Waals surface area (Å²) in [7, 11) is 0. The van der Waals surface area contributed by atoms with Crippen LogP contribution in [0.15, 0.2) is 247 Å². The molecule has 1 aromatic heterocycles. The Morgan fingerprint density at radius 3 is 1.62 bits per heavy atom. The average Bonchev–Trinajstić information content (AvgIpc) is 3.87. The Bertz CT molecular complexity index is 3510. The summed E-state index contributed by atoms with van der Waals surface area (Å²) >= 11 is 0. The van der Waals surface area contributed by atoms with Gasteiger partial charge in [0.25, 0.3) is 0 Å². The molecule has 0 spiro atoms. The molecule has 12 rings (SSSR count). The minimum Gasteiger partial charge on any atom is -0.456 e. The van der Waals surface area contributed by atoms with Gasteiger partial charge in [-0.1, -0.05) is 194 Å². The summed E-state index contributed by atoms with van der Waals surface area (Å²) in [5.74, 6) is 0. The van der Waals surface area contributed by atoms with Gasteiger partial charge in [0.15, 0.2) is 0 Å². The molecule has 1 aliphatic carbocycles. The van der Waals surface area contributed by atoms with Crippen molar-refractivity contribution in [3.05, 3.63) is 259 Å². The molecule has 64 heavy (non-hydrogen) atoms. The standard InChI is InChI=1S/C62H43NO/c1-62(45-20-6-3-7-21-45)57-29-15-12-26-52(57)55-41-47(37-38-58(55)62)63(46-35-32-42(33-36-46)44-34-39-61-56(40-44)54-28-14-17-31-60(54)64-61)59-30-16-13-27-53(59)51-25-11-10-24-50(51)49-23-9-8-22-48(49)43-18-4-2-5-19-43/h2-41H,1H3. The number of furan rings is 1. The first kappa shape index (κ1) is 37.6. The number of para-hydroxylation sites is 2. The monoisotopic (exact) mass is 817 g/mol. The molecule has 1 aliphatic rings. The van der Waals surface area contributed by atoms with Crippen molar-refractivity contribution >= 4 is 39.0 Å². The topological polar surface area (TPSA) is 16.4 Å². The van der Waals surface area contributed by atoms with Crippen LogP contribution >= 0.6 is 0 Å². The van der Waals surface area contributed by atoms with Crippen LogP contribution in [0.25, 0.3) is 77.6 Å². The summed E-state index contributed by atoms with van der Waals surface area (Å²) in [5.41, 5.74) is 20.7. The third kappa shape index (κ3) is 6.10. The first-order chi connectivity index (χ1) is 31.6. The molecule has 10 aromatic carbocycles. The number of fused-ring (bicyclic) bond motifs is 6. The SMILES string of the molecule is CC1(c2ccccc2)c2ccccc2-c2cc(N(c3ccc(-c4ccc5oc6ccccc6c5c4)cc3)c3ccccc3-c3ccccc3-c3ccccc3-c3ccccc3)ccc21. The molecule has 0 aliphatic heterocycles. The van der Waals surface area contributed by atoms with E-state index in [0.717, 1.165) is 55.7 Å². The summed E-state index contributed by atoms with van der Waals surface area (Å²) in [5, 5.41) is 2.26. The lowest BCUT2D eigenvalue weighted by molar-refractivity contribution is 0.669. The maximum atomic E-state index is 6.19. The Labute approximate surface area is 374 Å². The van der Waals surface area contributed by atoms with Gasteiger partial charge in [0.05, 0.1) is 5.69 Å². The predicted molar refractivity (Wildman–Crippen MR) is 268 cm³/mol. The fraction of sp³-hybridized carbons (Fsp3) is 0.0323.